The molecule has 0 amide bonds. The van der Waals surface area contributed by atoms with Crippen LogP contribution < -0.4 is 9.64 Å². The molecule has 2 rings (SSSR count). The van der Waals surface area contributed by atoms with Crippen molar-refractivity contribution in [2.24, 2.45) is 0 Å². The molecule has 23 heavy (non-hydrogen) atoms. The molecule has 0 spiro atoms. The second kappa shape index (κ2) is 7.56. The van der Waals surface area contributed by atoms with Gasteiger partial charge in [-0.3, -0.25) is 10.1 Å². The second-order valence-electron chi connectivity index (χ2n) is 5.66. The van der Waals surface area contributed by atoms with Gasteiger partial charge in [0.25, 0.3) is 5.69 Å². The summed E-state index contributed by atoms with van der Waals surface area (Å²) in [4.78, 5) is 14.6. The van der Waals surface area contributed by atoms with E-state index < -0.39 is 10.7 Å². The third-order valence-corrected chi connectivity index (χ3v) is 4.33. The first-order valence-corrected chi connectivity index (χ1v) is 7.56. The van der Waals surface area contributed by atoms with Crippen LogP contribution >= 0.6 is 0 Å². The van der Waals surface area contributed by atoms with Gasteiger partial charge in [0.1, 0.15) is 5.69 Å². The van der Waals surface area contributed by atoms with Crippen LogP contribution in [0.15, 0.2) is 12.1 Å². The summed E-state index contributed by atoms with van der Waals surface area (Å²) in [5.74, 6) is -0.731. The molecule has 0 aliphatic carbocycles. The molecular formula is C15H22FN3O4. The van der Waals surface area contributed by atoms with Gasteiger partial charge in [0.15, 0.2) is 11.6 Å². The quantitative estimate of drug-likeness (QED) is 0.632. The first kappa shape index (κ1) is 17.4. The summed E-state index contributed by atoms with van der Waals surface area (Å²) in [6, 6.07) is 2.64. The SMILES string of the molecule is COc1cc(N2CCC(N(C)CCO)CC2)c([N+](=O)[O-])cc1F. The number of rotatable bonds is 6. The Morgan fingerprint density at radius 2 is 2.13 bits per heavy atom. The Morgan fingerprint density at radius 3 is 2.65 bits per heavy atom. The molecule has 1 aromatic carbocycles. The number of benzene rings is 1. The van der Waals surface area contributed by atoms with E-state index in [0.717, 1.165) is 18.9 Å². The Morgan fingerprint density at radius 1 is 1.48 bits per heavy atom. The average Bonchev–Trinajstić information content (AvgIpc) is 2.55. The molecule has 0 radical (unpaired) electrons. The first-order chi connectivity index (χ1) is 11.0. The smallest absolute Gasteiger partial charge is 0.295 e. The van der Waals surface area contributed by atoms with E-state index in [1.807, 2.05) is 11.9 Å². The minimum Gasteiger partial charge on any atom is -0.494 e. The van der Waals surface area contributed by atoms with Crippen molar-refractivity contribution < 1.29 is 19.2 Å². The van der Waals surface area contributed by atoms with Gasteiger partial charge in [-0.05, 0) is 19.9 Å². The predicted molar refractivity (Wildman–Crippen MR) is 84.6 cm³/mol. The number of nitrogens with zero attached hydrogens (tertiary/aromatic N) is 3. The molecule has 1 N–H and O–H groups in total. The average molecular weight is 327 g/mol. The lowest BCUT2D eigenvalue weighted by atomic mass is 10.0. The Hall–Kier alpha value is -1.93. The maximum atomic E-state index is 13.7. The number of piperidine rings is 1. The molecule has 1 aromatic rings. The van der Waals surface area contributed by atoms with Gasteiger partial charge in [-0.2, -0.15) is 0 Å². The van der Waals surface area contributed by atoms with Crippen LogP contribution in [0, 0.1) is 15.9 Å². The van der Waals surface area contributed by atoms with Gasteiger partial charge in [0.2, 0.25) is 0 Å². The van der Waals surface area contributed by atoms with Crippen molar-refractivity contribution in [3.8, 4) is 5.75 Å². The zero-order valence-electron chi connectivity index (χ0n) is 13.4. The van der Waals surface area contributed by atoms with E-state index >= 15 is 0 Å². The van der Waals surface area contributed by atoms with Crippen LogP contribution in [-0.2, 0) is 0 Å². The topological polar surface area (TPSA) is 79.1 Å². The van der Waals surface area contributed by atoms with Crippen LogP contribution in [-0.4, -0.2) is 61.4 Å². The van der Waals surface area contributed by atoms with Gasteiger partial charge in [-0.1, -0.05) is 0 Å². The molecule has 0 saturated carbocycles. The molecule has 0 unspecified atom stereocenters. The van der Waals surface area contributed by atoms with Crippen LogP contribution in [0.4, 0.5) is 15.8 Å². The summed E-state index contributed by atoms with van der Waals surface area (Å²) in [6.45, 7) is 1.98. The minimum atomic E-state index is -0.736. The molecule has 1 aliphatic rings. The maximum Gasteiger partial charge on any atom is 0.295 e. The Kier molecular flexibility index (Phi) is 5.73. The van der Waals surface area contributed by atoms with Crippen molar-refractivity contribution >= 4 is 11.4 Å². The van der Waals surface area contributed by atoms with Crippen molar-refractivity contribution in [1.82, 2.24) is 4.90 Å². The second-order valence-corrected chi connectivity index (χ2v) is 5.66. The van der Waals surface area contributed by atoms with Gasteiger partial charge in [0.05, 0.1) is 24.7 Å². The lowest BCUT2D eigenvalue weighted by molar-refractivity contribution is -0.384. The summed E-state index contributed by atoms with van der Waals surface area (Å²) >= 11 is 0. The van der Waals surface area contributed by atoms with Crippen LogP contribution in [0.25, 0.3) is 0 Å². The van der Waals surface area contributed by atoms with Gasteiger partial charge in [-0.25, -0.2) is 4.39 Å². The van der Waals surface area contributed by atoms with Gasteiger partial charge in [-0.15, -0.1) is 0 Å². The molecule has 8 heteroatoms. The molecule has 0 aromatic heterocycles. The van der Waals surface area contributed by atoms with Gasteiger partial charge in [0, 0.05) is 31.7 Å². The van der Waals surface area contributed by atoms with E-state index in [1.54, 1.807) is 0 Å². The van der Waals surface area contributed by atoms with Crippen molar-refractivity contribution in [2.75, 3.05) is 45.3 Å². The molecule has 1 heterocycles. The van der Waals surface area contributed by atoms with Crippen LogP contribution in [0.2, 0.25) is 0 Å². The highest BCUT2D eigenvalue weighted by Gasteiger charge is 2.28. The molecule has 0 atom stereocenters. The lowest BCUT2D eigenvalue weighted by Gasteiger charge is -2.37. The lowest BCUT2D eigenvalue weighted by Crippen LogP contribution is -2.44. The van der Waals surface area contributed by atoms with Crippen LogP contribution in [0.1, 0.15) is 12.8 Å². The number of halogens is 1. The zero-order valence-corrected chi connectivity index (χ0v) is 13.4. The summed E-state index contributed by atoms with van der Waals surface area (Å²) in [7, 11) is 3.30. The number of likely N-dealkylation sites (N-methyl/N-ethyl adjacent to an activating group) is 1. The number of ether oxygens (including phenoxy) is 1. The monoisotopic (exact) mass is 327 g/mol. The minimum absolute atomic E-state index is 0.00474. The molecule has 7 nitrogen and oxygen atoms in total. The fourth-order valence-corrected chi connectivity index (χ4v) is 2.98. The van der Waals surface area contributed by atoms with E-state index in [4.69, 9.17) is 9.84 Å². The summed E-state index contributed by atoms with van der Waals surface area (Å²) in [5.41, 5.74) is 0.141. The number of aliphatic hydroxyl groups excluding tert-OH is 1. The van der Waals surface area contributed by atoms with E-state index in [2.05, 4.69) is 4.90 Å². The van der Waals surface area contributed by atoms with E-state index in [9.17, 15) is 14.5 Å². The highest BCUT2D eigenvalue weighted by molar-refractivity contribution is 5.66. The highest BCUT2D eigenvalue weighted by Crippen LogP contribution is 2.36. The molecule has 1 aliphatic heterocycles. The number of hydrogen-bond donors (Lipinski definition) is 1. The van der Waals surface area contributed by atoms with Crippen molar-refractivity contribution in [1.29, 1.82) is 0 Å². The number of aliphatic hydroxyl groups is 1. The first-order valence-electron chi connectivity index (χ1n) is 7.56. The van der Waals surface area contributed by atoms with Gasteiger partial charge < -0.3 is 19.6 Å². The Labute approximate surface area is 134 Å². The number of nitro benzene ring substituents is 1. The van der Waals surface area contributed by atoms with Crippen molar-refractivity contribution in [3.05, 3.63) is 28.1 Å². The number of anilines is 1. The number of methoxy groups -OCH3 is 1. The predicted octanol–water partition coefficient (Wildman–Crippen LogP) is 1.64. The Balaban J connectivity index is 2.18. The maximum absolute atomic E-state index is 13.7. The van der Waals surface area contributed by atoms with Crippen molar-refractivity contribution in [3.63, 3.8) is 0 Å². The Bertz CT molecular complexity index is 562. The number of nitro groups is 1. The fraction of sp³-hybridized carbons (Fsp3) is 0.600. The van der Waals surface area contributed by atoms with Gasteiger partial charge >= 0.3 is 0 Å². The molecule has 1 fully saturated rings. The normalized spacial score (nSPS) is 16.0. The molecule has 128 valence electrons. The largest absolute Gasteiger partial charge is 0.494 e. The number of hydrogen-bond acceptors (Lipinski definition) is 6. The summed E-state index contributed by atoms with van der Waals surface area (Å²) in [5, 5.41) is 20.2. The van der Waals surface area contributed by atoms with Crippen LogP contribution in [0.5, 0.6) is 5.75 Å². The van der Waals surface area contributed by atoms with E-state index in [-0.39, 0.29) is 18.0 Å². The summed E-state index contributed by atoms with van der Waals surface area (Å²) in [6.07, 6.45) is 1.65. The third-order valence-electron chi connectivity index (χ3n) is 4.33. The molecule has 0 bridgehead atoms. The highest BCUT2D eigenvalue weighted by atomic mass is 19.1. The standard InChI is InChI=1S/C15H22FN3O4/c1-17(7-8-20)11-3-5-18(6-4-11)13-10-15(23-2)12(16)9-14(13)19(21)22/h9-11,20H,3-8H2,1-2H3. The fourth-order valence-electron chi connectivity index (χ4n) is 2.98. The third kappa shape index (κ3) is 3.89. The molecule has 1 saturated heterocycles. The van der Waals surface area contributed by atoms with Crippen LogP contribution in [0.3, 0.4) is 0 Å². The van der Waals surface area contributed by atoms with E-state index in [1.165, 1.54) is 13.2 Å². The zero-order chi connectivity index (χ0) is 17.0. The molecular weight excluding hydrogens is 305 g/mol. The van der Waals surface area contributed by atoms with E-state index in [0.29, 0.717) is 31.4 Å². The van der Waals surface area contributed by atoms with Crippen molar-refractivity contribution in [2.45, 2.75) is 18.9 Å². The summed E-state index contributed by atoms with van der Waals surface area (Å²) < 4.78 is 18.7.